The molecule has 1 aromatic heterocycles. The maximum atomic E-state index is 4.33. The van der Waals surface area contributed by atoms with E-state index in [0.29, 0.717) is 11.8 Å². The molecule has 1 fully saturated rings. The second-order valence-electron chi connectivity index (χ2n) is 5.56. The predicted octanol–water partition coefficient (Wildman–Crippen LogP) is 2.59. The Kier molecular flexibility index (Phi) is 3.38. The Bertz CT molecular complexity index is 541. The van der Waals surface area contributed by atoms with Crippen LogP contribution < -0.4 is 5.32 Å². The van der Waals surface area contributed by atoms with E-state index in [1.165, 1.54) is 23.1 Å². The highest BCUT2D eigenvalue weighted by atomic mass is 15.2. The number of hydrogen-bond acceptors (Lipinski definition) is 2. The quantitative estimate of drug-likeness (QED) is 0.894. The first-order valence-corrected chi connectivity index (χ1v) is 7.00. The summed E-state index contributed by atoms with van der Waals surface area (Å²) in [6.45, 7) is 4.30. The van der Waals surface area contributed by atoms with Crippen LogP contribution in [0, 0.1) is 6.92 Å². The fraction of sp³-hybridized carbons (Fsp3) is 0.438. The Morgan fingerprint density at radius 3 is 2.63 bits per heavy atom. The molecular formula is C16H21N3. The highest BCUT2D eigenvalue weighted by molar-refractivity contribution is 5.30. The van der Waals surface area contributed by atoms with Crippen LogP contribution in [0.25, 0.3) is 0 Å². The predicted molar refractivity (Wildman–Crippen MR) is 77.4 cm³/mol. The zero-order chi connectivity index (χ0) is 13.2. The van der Waals surface area contributed by atoms with Crippen molar-refractivity contribution in [2.24, 2.45) is 7.05 Å². The van der Waals surface area contributed by atoms with E-state index in [2.05, 4.69) is 47.8 Å². The van der Waals surface area contributed by atoms with E-state index in [0.717, 1.165) is 13.1 Å². The van der Waals surface area contributed by atoms with Gasteiger partial charge >= 0.3 is 0 Å². The molecule has 2 aromatic rings. The Labute approximate surface area is 114 Å². The highest BCUT2D eigenvalue weighted by Crippen LogP contribution is 2.37. The summed E-state index contributed by atoms with van der Waals surface area (Å²) in [5.74, 6) is 1.14. The van der Waals surface area contributed by atoms with Gasteiger partial charge in [-0.1, -0.05) is 29.8 Å². The van der Waals surface area contributed by atoms with Crippen LogP contribution in [0.2, 0.25) is 0 Å². The van der Waals surface area contributed by atoms with Gasteiger partial charge in [0.05, 0.1) is 6.20 Å². The van der Waals surface area contributed by atoms with E-state index >= 15 is 0 Å². The van der Waals surface area contributed by atoms with Gasteiger partial charge in [0, 0.05) is 25.7 Å². The van der Waals surface area contributed by atoms with E-state index in [1.54, 1.807) is 0 Å². The molecule has 1 saturated heterocycles. The minimum absolute atomic E-state index is 0.554. The number of hydrogen-bond donors (Lipinski definition) is 1. The third-order valence-electron chi connectivity index (χ3n) is 4.14. The lowest BCUT2D eigenvalue weighted by Gasteiger charge is -2.32. The molecular weight excluding hydrogens is 234 g/mol. The van der Waals surface area contributed by atoms with E-state index in [4.69, 9.17) is 0 Å². The fourth-order valence-electron chi connectivity index (χ4n) is 3.05. The van der Waals surface area contributed by atoms with Crippen LogP contribution in [0.1, 0.15) is 34.9 Å². The van der Waals surface area contributed by atoms with Crippen molar-refractivity contribution in [3.8, 4) is 0 Å². The fourth-order valence-corrected chi connectivity index (χ4v) is 3.05. The van der Waals surface area contributed by atoms with Crippen molar-refractivity contribution in [3.05, 3.63) is 53.3 Å². The van der Waals surface area contributed by atoms with Crippen molar-refractivity contribution < 1.29 is 0 Å². The summed E-state index contributed by atoms with van der Waals surface area (Å²) in [5, 5.41) is 7.86. The van der Waals surface area contributed by atoms with Crippen molar-refractivity contribution in [3.63, 3.8) is 0 Å². The van der Waals surface area contributed by atoms with Crippen LogP contribution in [-0.4, -0.2) is 22.9 Å². The van der Waals surface area contributed by atoms with Crippen LogP contribution in [0.3, 0.4) is 0 Å². The molecule has 3 rings (SSSR count). The molecule has 19 heavy (non-hydrogen) atoms. The Balaban J connectivity index is 1.90. The molecule has 2 heterocycles. The zero-order valence-corrected chi connectivity index (χ0v) is 11.6. The third kappa shape index (κ3) is 2.56. The second-order valence-corrected chi connectivity index (χ2v) is 5.56. The SMILES string of the molecule is Cc1ccc(C2CNCCC2c2cnn(C)c2)cc1. The summed E-state index contributed by atoms with van der Waals surface area (Å²) in [4.78, 5) is 0. The van der Waals surface area contributed by atoms with Crippen LogP contribution >= 0.6 is 0 Å². The maximum Gasteiger partial charge on any atom is 0.0524 e. The lowest BCUT2D eigenvalue weighted by molar-refractivity contribution is 0.404. The molecule has 3 heteroatoms. The van der Waals surface area contributed by atoms with Gasteiger partial charge < -0.3 is 5.32 Å². The number of nitrogens with one attached hydrogen (secondary N) is 1. The van der Waals surface area contributed by atoms with Gasteiger partial charge in [0.1, 0.15) is 0 Å². The number of nitrogens with zero attached hydrogens (tertiary/aromatic N) is 2. The number of aryl methyl sites for hydroxylation is 2. The van der Waals surface area contributed by atoms with Crippen LogP contribution in [0.4, 0.5) is 0 Å². The molecule has 0 bridgehead atoms. The Hall–Kier alpha value is -1.61. The molecule has 0 spiro atoms. The van der Waals surface area contributed by atoms with E-state index < -0.39 is 0 Å². The molecule has 0 radical (unpaired) electrons. The average Bonchev–Trinajstić information content (AvgIpc) is 2.86. The first-order valence-electron chi connectivity index (χ1n) is 7.00. The summed E-state index contributed by atoms with van der Waals surface area (Å²) in [5.41, 5.74) is 4.13. The highest BCUT2D eigenvalue weighted by Gasteiger charge is 2.28. The standard InChI is InChI=1S/C16H21N3/c1-12-3-5-13(6-4-12)16-10-17-8-7-15(16)14-9-18-19(2)11-14/h3-6,9,11,15-17H,7-8,10H2,1-2H3. The third-order valence-corrected chi connectivity index (χ3v) is 4.14. The van der Waals surface area contributed by atoms with E-state index in [9.17, 15) is 0 Å². The smallest absolute Gasteiger partial charge is 0.0524 e. The molecule has 0 amide bonds. The lowest BCUT2D eigenvalue weighted by Crippen LogP contribution is -2.33. The van der Waals surface area contributed by atoms with Gasteiger partial charge in [-0.3, -0.25) is 4.68 Å². The molecule has 1 N–H and O–H groups in total. The summed E-state index contributed by atoms with van der Waals surface area (Å²) in [6, 6.07) is 8.97. The van der Waals surface area contributed by atoms with Crippen LogP contribution in [-0.2, 0) is 7.05 Å². The molecule has 100 valence electrons. The summed E-state index contributed by atoms with van der Waals surface area (Å²) in [6.07, 6.45) is 5.37. The van der Waals surface area contributed by atoms with E-state index in [-0.39, 0.29) is 0 Å². The molecule has 3 nitrogen and oxygen atoms in total. The van der Waals surface area contributed by atoms with Crippen molar-refractivity contribution in [2.75, 3.05) is 13.1 Å². The number of benzene rings is 1. The molecule has 2 atom stereocenters. The van der Waals surface area contributed by atoms with Gasteiger partial charge in [0.15, 0.2) is 0 Å². The summed E-state index contributed by atoms with van der Waals surface area (Å²) < 4.78 is 1.91. The van der Waals surface area contributed by atoms with Crippen LogP contribution in [0.5, 0.6) is 0 Å². The topological polar surface area (TPSA) is 29.9 Å². The Morgan fingerprint density at radius 2 is 1.95 bits per heavy atom. The Morgan fingerprint density at radius 1 is 1.16 bits per heavy atom. The molecule has 2 unspecified atom stereocenters. The second kappa shape index (κ2) is 5.17. The average molecular weight is 255 g/mol. The van der Waals surface area contributed by atoms with Crippen molar-refractivity contribution in [2.45, 2.75) is 25.2 Å². The summed E-state index contributed by atoms with van der Waals surface area (Å²) in [7, 11) is 1.99. The largest absolute Gasteiger partial charge is 0.316 e. The molecule has 1 aliphatic rings. The monoisotopic (exact) mass is 255 g/mol. The number of aromatic nitrogens is 2. The molecule has 0 aliphatic carbocycles. The van der Waals surface area contributed by atoms with Crippen LogP contribution in [0.15, 0.2) is 36.7 Å². The van der Waals surface area contributed by atoms with Gasteiger partial charge in [-0.2, -0.15) is 5.10 Å². The van der Waals surface area contributed by atoms with Crippen molar-refractivity contribution in [1.82, 2.24) is 15.1 Å². The maximum absolute atomic E-state index is 4.33. The first-order chi connectivity index (χ1) is 9.24. The van der Waals surface area contributed by atoms with E-state index in [1.807, 2.05) is 17.9 Å². The van der Waals surface area contributed by atoms with Gasteiger partial charge in [-0.05, 0) is 36.9 Å². The first kappa shape index (κ1) is 12.4. The lowest BCUT2D eigenvalue weighted by atomic mass is 9.78. The minimum atomic E-state index is 0.554. The molecule has 1 aliphatic heterocycles. The summed E-state index contributed by atoms with van der Waals surface area (Å²) >= 11 is 0. The molecule has 0 saturated carbocycles. The number of rotatable bonds is 2. The number of piperidine rings is 1. The van der Waals surface area contributed by atoms with Gasteiger partial charge in [0.25, 0.3) is 0 Å². The van der Waals surface area contributed by atoms with Crippen molar-refractivity contribution in [1.29, 1.82) is 0 Å². The normalized spacial score (nSPS) is 23.5. The zero-order valence-electron chi connectivity index (χ0n) is 11.6. The minimum Gasteiger partial charge on any atom is -0.316 e. The molecule has 1 aromatic carbocycles. The van der Waals surface area contributed by atoms with Gasteiger partial charge in [-0.15, -0.1) is 0 Å². The van der Waals surface area contributed by atoms with Gasteiger partial charge in [0.2, 0.25) is 0 Å². The van der Waals surface area contributed by atoms with Crippen molar-refractivity contribution >= 4 is 0 Å². The van der Waals surface area contributed by atoms with Gasteiger partial charge in [-0.25, -0.2) is 0 Å².